The van der Waals surface area contributed by atoms with Crippen molar-refractivity contribution in [3.8, 4) is 5.75 Å². The normalized spacial score (nSPS) is 11.3. The first kappa shape index (κ1) is 25.1. The van der Waals surface area contributed by atoms with E-state index in [4.69, 9.17) is 4.74 Å². The molecule has 3 aromatic carbocycles. The molecular formula is C28H30O3S2. The van der Waals surface area contributed by atoms with Gasteiger partial charge in [0.15, 0.2) is 10.9 Å². The van der Waals surface area contributed by atoms with Gasteiger partial charge in [0.1, 0.15) is 5.75 Å². The van der Waals surface area contributed by atoms with Gasteiger partial charge in [-0.2, -0.15) is 0 Å². The van der Waals surface area contributed by atoms with Crippen LogP contribution in [0.5, 0.6) is 5.75 Å². The molecule has 0 unspecified atom stereocenters. The molecule has 5 heteroatoms. The number of ether oxygens (including phenoxy) is 1. The van der Waals surface area contributed by atoms with Crippen molar-refractivity contribution in [3.05, 3.63) is 109 Å². The molecule has 0 saturated carbocycles. The summed E-state index contributed by atoms with van der Waals surface area (Å²) in [5, 5.41) is 0. The lowest BCUT2D eigenvalue weighted by Crippen LogP contribution is -2.20. The van der Waals surface area contributed by atoms with Gasteiger partial charge in [-0.1, -0.05) is 64.1 Å². The number of hydrogen-bond acceptors (Lipinski definition) is 5. The summed E-state index contributed by atoms with van der Waals surface area (Å²) < 4.78 is 5.31. The molecule has 0 spiro atoms. The smallest absolute Gasteiger partial charge is 0.196 e. The molecular weight excluding hydrogens is 448 g/mol. The maximum atomic E-state index is 13.5. The zero-order valence-electron chi connectivity index (χ0n) is 19.6. The molecule has 3 aromatic rings. The lowest BCUT2D eigenvalue weighted by molar-refractivity contribution is 0.414. The van der Waals surface area contributed by atoms with E-state index in [0.29, 0.717) is 26.7 Å². The fourth-order valence-electron chi connectivity index (χ4n) is 3.86. The summed E-state index contributed by atoms with van der Waals surface area (Å²) in [5.74, 6) is 0.593. The Bertz CT molecular complexity index is 1190. The van der Waals surface area contributed by atoms with Crippen molar-refractivity contribution in [1.29, 1.82) is 0 Å². The van der Waals surface area contributed by atoms with Crippen LogP contribution in [0.25, 0.3) is 0 Å². The Morgan fingerprint density at radius 3 is 1.39 bits per heavy atom. The number of methoxy groups -OCH3 is 1. The molecule has 0 aliphatic heterocycles. The van der Waals surface area contributed by atoms with Crippen LogP contribution in [-0.4, -0.2) is 7.11 Å². The maximum absolute atomic E-state index is 13.5. The Labute approximate surface area is 206 Å². The van der Waals surface area contributed by atoms with Crippen molar-refractivity contribution in [2.45, 2.75) is 55.2 Å². The highest BCUT2D eigenvalue weighted by Crippen LogP contribution is 2.31. The molecule has 172 valence electrons. The Morgan fingerprint density at radius 1 is 0.636 bits per heavy atom. The summed E-state index contributed by atoms with van der Waals surface area (Å²) in [5.41, 5.74) is 3.45. The predicted octanol–water partition coefficient (Wildman–Crippen LogP) is 6.42. The first-order valence-corrected chi connectivity index (χ1v) is 11.9. The van der Waals surface area contributed by atoms with E-state index in [2.05, 4.69) is 53.0 Å². The van der Waals surface area contributed by atoms with Crippen LogP contribution in [0.1, 0.15) is 73.3 Å². The molecule has 0 fully saturated rings. The minimum atomic E-state index is -0.576. The lowest BCUT2D eigenvalue weighted by Gasteiger charge is -2.17. The van der Waals surface area contributed by atoms with Crippen LogP contribution in [0, 0.1) is 0 Å². The standard InChI is InChI=1S/C28H30O3S2/c1-16(2)19-8-12-22(27(29)24(32)14-19)26(18-6-10-21(31-5)11-7-18)23-13-9-20(17(3)4)15-25(33)28(23)30/h6-17,26H,1-5H3,(H,29,32)(H,30,33). The van der Waals surface area contributed by atoms with Gasteiger partial charge in [-0.3, -0.25) is 9.59 Å². The van der Waals surface area contributed by atoms with E-state index in [0.717, 1.165) is 16.7 Å². The van der Waals surface area contributed by atoms with Crippen LogP contribution < -0.4 is 15.6 Å². The fraction of sp³-hybridized carbons (Fsp3) is 0.286. The summed E-state index contributed by atoms with van der Waals surface area (Å²) >= 11 is 9.02. The van der Waals surface area contributed by atoms with Crippen LogP contribution in [-0.2, 0) is 0 Å². The first-order valence-electron chi connectivity index (χ1n) is 11.0. The van der Waals surface area contributed by atoms with Gasteiger partial charge >= 0.3 is 0 Å². The molecule has 0 amide bonds. The molecule has 0 aromatic heterocycles. The predicted molar refractivity (Wildman–Crippen MR) is 142 cm³/mol. The van der Waals surface area contributed by atoms with Crippen molar-refractivity contribution >= 4 is 25.3 Å². The number of benzene rings is 1. The summed E-state index contributed by atoms with van der Waals surface area (Å²) in [6, 6.07) is 18.7. The molecule has 0 aliphatic carbocycles. The topological polar surface area (TPSA) is 43.4 Å². The second-order valence-electron chi connectivity index (χ2n) is 8.81. The highest BCUT2D eigenvalue weighted by atomic mass is 32.1. The molecule has 0 radical (unpaired) electrons. The Morgan fingerprint density at radius 2 is 1.03 bits per heavy atom. The number of hydrogen-bond donors (Lipinski definition) is 2. The van der Waals surface area contributed by atoms with Gasteiger partial charge in [-0.05, 0) is 52.8 Å². The SMILES string of the molecule is COc1ccc(C(c2ccc(C(C)C)cc(S)c2=O)c2ccc(C(C)C)cc(S)c2=O)cc1. The van der Waals surface area contributed by atoms with Crippen molar-refractivity contribution in [2.24, 2.45) is 0 Å². The molecule has 3 nitrogen and oxygen atoms in total. The fourth-order valence-corrected chi connectivity index (χ4v) is 4.41. The first-order chi connectivity index (χ1) is 15.6. The third-order valence-corrected chi connectivity index (χ3v) is 6.58. The molecule has 33 heavy (non-hydrogen) atoms. The monoisotopic (exact) mass is 478 g/mol. The zero-order chi connectivity index (χ0) is 24.3. The molecule has 0 heterocycles. The van der Waals surface area contributed by atoms with E-state index in [1.165, 1.54) is 0 Å². The van der Waals surface area contributed by atoms with Crippen molar-refractivity contribution < 1.29 is 4.74 Å². The minimum Gasteiger partial charge on any atom is -0.497 e. The van der Waals surface area contributed by atoms with E-state index >= 15 is 0 Å². The zero-order valence-corrected chi connectivity index (χ0v) is 21.4. The molecule has 0 saturated heterocycles. The molecule has 0 bridgehead atoms. The largest absolute Gasteiger partial charge is 0.497 e. The molecule has 0 atom stereocenters. The van der Waals surface area contributed by atoms with Crippen molar-refractivity contribution in [2.75, 3.05) is 7.11 Å². The van der Waals surface area contributed by atoms with Gasteiger partial charge in [0.25, 0.3) is 0 Å². The maximum Gasteiger partial charge on any atom is 0.196 e. The van der Waals surface area contributed by atoms with E-state index in [1.807, 2.05) is 60.7 Å². The highest BCUT2D eigenvalue weighted by molar-refractivity contribution is 7.80. The summed E-state index contributed by atoms with van der Waals surface area (Å²) in [6.45, 7) is 8.28. The van der Waals surface area contributed by atoms with Gasteiger partial charge in [-0.25, -0.2) is 0 Å². The van der Waals surface area contributed by atoms with Crippen LogP contribution >= 0.6 is 25.3 Å². The second-order valence-corrected chi connectivity index (χ2v) is 9.77. The van der Waals surface area contributed by atoms with Gasteiger partial charge in [0.2, 0.25) is 0 Å². The van der Waals surface area contributed by atoms with Crippen molar-refractivity contribution in [1.82, 2.24) is 0 Å². The lowest BCUT2D eigenvalue weighted by atomic mass is 9.86. The average molecular weight is 479 g/mol. The van der Waals surface area contributed by atoms with Gasteiger partial charge in [0, 0.05) is 17.0 Å². The average Bonchev–Trinajstić information content (AvgIpc) is 3.03. The van der Waals surface area contributed by atoms with E-state index in [1.54, 1.807) is 7.11 Å². The number of thiol groups is 2. The van der Waals surface area contributed by atoms with Crippen molar-refractivity contribution in [3.63, 3.8) is 0 Å². The van der Waals surface area contributed by atoms with E-state index < -0.39 is 5.92 Å². The van der Waals surface area contributed by atoms with Gasteiger partial charge < -0.3 is 4.74 Å². The van der Waals surface area contributed by atoms with Crippen LogP contribution in [0.4, 0.5) is 0 Å². The van der Waals surface area contributed by atoms with Crippen LogP contribution in [0.3, 0.4) is 0 Å². The minimum absolute atomic E-state index is 0.193. The third kappa shape index (κ3) is 5.53. The Balaban J connectivity index is 2.39. The number of rotatable bonds is 6. The van der Waals surface area contributed by atoms with Crippen LogP contribution in [0.2, 0.25) is 0 Å². The van der Waals surface area contributed by atoms with E-state index in [-0.39, 0.29) is 22.7 Å². The van der Waals surface area contributed by atoms with Crippen LogP contribution in [0.15, 0.2) is 80.0 Å². The Kier molecular flexibility index (Phi) is 8.09. The summed E-state index contributed by atoms with van der Waals surface area (Å²) in [6.07, 6.45) is 0. The molecule has 0 aliphatic rings. The third-order valence-electron chi connectivity index (χ3n) is 5.91. The summed E-state index contributed by atoms with van der Waals surface area (Å²) in [7, 11) is 1.60. The molecule has 3 rings (SSSR count). The van der Waals surface area contributed by atoms with Gasteiger partial charge in [-0.15, -0.1) is 25.3 Å². The second kappa shape index (κ2) is 10.6. The highest BCUT2D eigenvalue weighted by Gasteiger charge is 2.23. The quantitative estimate of drug-likeness (QED) is 0.402. The Hall–Kier alpha value is -2.50. The van der Waals surface area contributed by atoms with Gasteiger partial charge in [0.05, 0.1) is 16.9 Å². The van der Waals surface area contributed by atoms with E-state index in [9.17, 15) is 9.59 Å². The summed E-state index contributed by atoms with van der Waals surface area (Å²) in [4.78, 5) is 27.7. The molecule has 0 N–H and O–H groups in total.